The quantitative estimate of drug-likeness (QED) is 0.597. The third-order valence-electron chi connectivity index (χ3n) is 5.86. The van der Waals surface area contributed by atoms with E-state index in [-0.39, 0.29) is 35.0 Å². The lowest BCUT2D eigenvalue weighted by molar-refractivity contribution is -0.384. The van der Waals surface area contributed by atoms with Crippen LogP contribution in [0.3, 0.4) is 0 Å². The number of fused-ring (bicyclic) bond motifs is 4. The second kappa shape index (κ2) is 6.34. The van der Waals surface area contributed by atoms with Gasteiger partial charge in [-0.2, -0.15) is 0 Å². The highest BCUT2D eigenvalue weighted by atomic mass is 19.1. The molecule has 3 fully saturated rings. The van der Waals surface area contributed by atoms with E-state index in [1.165, 1.54) is 0 Å². The van der Waals surface area contributed by atoms with Gasteiger partial charge in [0, 0.05) is 44.2 Å². The Hall–Kier alpha value is -2.51. The number of carbonyl (C=O) groups excluding carboxylic acids is 2. The third-order valence-corrected chi connectivity index (χ3v) is 5.86. The first-order valence-electron chi connectivity index (χ1n) is 8.96. The van der Waals surface area contributed by atoms with Crippen LogP contribution in [0.25, 0.3) is 0 Å². The first-order chi connectivity index (χ1) is 12.4. The molecule has 3 saturated heterocycles. The summed E-state index contributed by atoms with van der Waals surface area (Å²) in [6.07, 6.45) is 3.37. The highest BCUT2D eigenvalue weighted by Gasteiger charge is 2.45. The molecule has 2 amide bonds. The lowest BCUT2D eigenvalue weighted by atomic mass is 9.76. The van der Waals surface area contributed by atoms with Crippen molar-refractivity contribution in [3.8, 4) is 0 Å². The Balaban J connectivity index is 1.57. The van der Waals surface area contributed by atoms with E-state index in [0.29, 0.717) is 26.1 Å². The fraction of sp³-hybridized carbons (Fsp3) is 0.556. The highest BCUT2D eigenvalue weighted by Crippen LogP contribution is 2.38. The third kappa shape index (κ3) is 2.83. The summed E-state index contributed by atoms with van der Waals surface area (Å²) in [5.41, 5.74) is -0.549. The zero-order valence-electron chi connectivity index (χ0n) is 14.3. The maximum atomic E-state index is 14.1. The number of nitro benzene ring substituents is 1. The molecule has 0 N–H and O–H groups in total. The van der Waals surface area contributed by atoms with Crippen molar-refractivity contribution < 1.29 is 18.9 Å². The average molecular weight is 361 g/mol. The number of non-ortho nitro benzene ring substituents is 1. The van der Waals surface area contributed by atoms with Crippen molar-refractivity contribution >= 4 is 17.5 Å². The zero-order valence-corrected chi connectivity index (χ0v) is 14.3. The molecule has 138 valence electrons. The molecule has 8 heteroatoms. The second-order valence-corrected chi connectivity index (χ2v) is 7.50. The number of halogens is 1. The Morgan fingerprint density at radius 2 is 2.08 bits per heavy atom. The second-order valence-electron chi connectivity index (χ2n) is 7.50. The Morgan fingerprint density at radius 1 is 1.27 bits per heavy atom. The zero-order chi connectivity index (χ0) is 18.4. The van der Waals surface area contributed by atoms with Crippen molar-refractivity contribution in [2.24, 2.45) is 11.8 Å². The number of carbonyl (C=O) groups is 2. The Bertz CT molecular complexity index is 784. The van der Waals surface area contributed by atoms with E-state index in [9.17, 15) is 24.1 Å². The number of benzene rings is 1. The van der Waals surface area contributed by atoms with Gasteiger partial charge in [0.05, 0.1) is 10.5 Å². The minimum absolute atomic E-state index is 0.151. The van der Waals surface area contributed by atoms with Gasteiger partial charge in [-0.3, -0.25) is 19.7 Å². The summed E-state index contributed by atoms with van der Waals surface area (Å²) in [5.74, 6) is -0.682. The van der Waals surface area contributed by atoms with Gasteiger partial charge in [0.2, 0.25) is 5.91 Å². The van der Waals surface area contributed by atoms with Gasteiger partial charge in [-0.25, -0.2) is 4.39 Å². The van der Waals surface area contributed by atoms with E-state index in [1.807, 2.05) is 4.90 Å². The number of rotatable bonds is 2. The lowest BCUT2D eigenvalue weighted by Crippen LogP contribution is -2.61. The van der Waals surface area contributed by atoms with Gasteiger partial charge in [-0.05, 0) is 37.2 Å². The summed E-state index contributed by atoms with van der Waals surface area (Å²) in [6, 6.07) is 3.19. The van der Waals surface area contributed by atoms with E-state index < -0.39 is 16.6 Å². The van der Waals surface area contributed by atoms with Gasteiger partial charge in [0.1, 0.15) is 5.82 Å². The van der Waals surface area contributed by atoms with Gasteiger partial charge in [-0.15, -0.1) is 0 Å². The number of hydrogen-bond acceptors (Lipinski definition) is 4. The van der Waals surface area contributed by atoms with Crippen molar-refractivity contribution in [3.63, 3.8) is 0 Å². The topological polar surface area (TPSA) is 83.8 Å². The first kappa shape index (κ1) is 16.9. The number of piperidine rings is 3. The largest absolute Gasteiger partial charge is 0.339 e. The molecule has 3 aliphatic rings. The molecule has 0 radical (unpaired) electrons. The molecule has 0 saturated carbocycles. The van der Waals surface area contributed by atoms with Gasteiger partial charge in [-0.1, -0.05) is 0 Å². The normalized spacial score (nSPS) is 27.9. The fourth-order valence-electron chi connectivity index (χ4n) is 4.74. The predicted molar refractivity (Wildman–Crippen MR) is 89.9 cm³/mol. The van der Waals surface area contributed by atoms with Crippen LogP contribution in [0, 0.1) is 27.8 Å². The molecule has 3 atom stereocenters. The Morgan fingerprint density at radius 3 is 2.85 bits per heavy atom. The van der Waals surface area contributed by atoms with Crippen LogP contribution in [0.15, 0.2) is 18.2 Å². The van der Waals surface area contributed by atoms with E-state index >= 15 is 0 Å². The maximum Gasteiger partial charge on any atom is 0.270 e. The smallest absolute Gasteiger partial charge is 0.270 e. The number of nitrogens with zero attached hydrogens (tertiary/aromatic N) is 3. The molecule has 0 spiro atoms. The Labute approximate surface area is 149 Å². The minimum Gasteiger partial charge on any atom is -0.339 e. The standard InChI is InChI=1S/C18H20FN3O4/c19-15-5-4-13(22(25)26)7-14(15)18(24)20-8-11-6-12(10-20)16-2-1-3-17(23)21(16)9-11/h4-5,7,11-12,16H,1-3,6,8-10H2/t11-,12-,16+/m1/s1. The summed E-state index contributed by atoms with van der Waals surface area (Å²) in [6.45, 7) is 1.56. The molecule has 0 unspecified atom stereocenters. The molecule has 3 aliphatic heterocycles. The van der Waals surface area contributed by atoms with Crippen LogP contribution in [0.1, 0.15) is 36.0 Å². The van der Waals surface area contributed by atoms with Gasteiger partial charge in [0.15, 0.2) is 0 Å². The van der Waals surface area contributed by atoms with Crippen LogP contribution >= 0.6 is 0 Å². The van der Waals surface area contributed by atoms with Gasteiger partial charge in [0.25, 0.3) is 11.6 Å². The molecular weight excluding hydrogens is 341 g/mol. The monoisotopic (exact) mass is 361 g/mol. The van der Waals surface area contributed by atoms with E-state index in [2.05, 4.69) is 0 Å². The predicted octanol–water partition coefficient (Wildman–Crippen LogP) is 2.21. The molecular formula is C18H20FN3O4. The van der Waals surface area contributed by atoms with Crippen LogP contribution < -0.4 is 0 Å². The number of hydrogen-bond donors (Lipinski definition) is 0. The van der Waals surface area contributed by atoms with Gasteiger partial charge < -0.3 is 9.80 Å². The van der Waals surface area contributed by atoms with E-state index in [1.54, 1.807) is 4.90 Å². The average Bonchev–Trinajstić information content (AvgIpc) is 2.62. The summed E-state index contributed by atoms with van der Waals surface area (Å²) in [5, 5.41) is 10.9. The molecule has 4 rings (SSSR count). The molecule has 1 aromatic carbocycles. The summed E-state index contributed by atoms with van der Waals surface area (Å²) >= 11 is 0. The summed E-state index contributed by atoms with van der Waals surface area (Å²) < 4.78 is 14.1. The maximum absolute atomic E-state index is 14.1. The van der Waals surface area contributed by atoms with Crippen LogP contribution in [0.5, 0.6) is 0 Å². The summed E-state index contributed by atoms with van der Waals surface area (Å²) in [7, 11) is 0. The first-order valence-corrected chi connectivity index (χ1v) is 8.96. The molecule has 7 nitrogen and oxygen atoms in total. The van der Waals surface area contributed by atoms with Crippen molar-refractivity contribution in [2.45, 2.75) is 31.7 Å². The SMILES string of the molecule is O=C(c1cc([N+](=O)[O-])ccc1F)N1C[C@H]2C[C@H](C1)[C@@H]1CCCC(=O)N1C2. The van der Waals surface area contributed by atoms with E-state index in [4.69, 9.17) is 0 Å². The van der Waals surface area contributed by atoms with Crippen LogP contribution in [0.2, 0.25) is 0 Å². The van der Waals surface area contributed by atoms with Crippen molar-refractivity contribution in [1.29, 1.82) is 0 Å². The molecule has 1 aromatic rings. The molecule has 0 aliphatic carbocycles. The van der Waals surface area contributed by atoms with Gasteiger partial charge >= 0.3 is 0 Å². The van der Waals surface area contributed by atoms with Crippen molar-refractivity contribution in [3.05, 3.63) is 39.7 Å². The van der Waals surface area contributed by atoms with E-state index in [0.717, 1.165) is 37.5 Å². The summed E-state index contributed by atoms with van der Waals surface area (Å²) in [4.78, 5) is 38.9. The number of amides is 2. The minimum atomic E-state index is -0.745. The van der Waals surface area contributed by atoms with Crippen LogP contribution in [-0.4, -0.2) is 52.2 Å². The fourth-order valence-corrected chi connectivity index (χ4v) is 4.74. The number of nitro groups is 1. The molecule has 26 heavy (non-hydrogen) atoms. The number of likely N-dealkylation sites (tertiary alicyclic amines) is 1. The lowest BCUT2D eigenvalue weighted by Gasteiger charge is -2.52. The molecule has 3 heterocycles. The Kier molecular flexibility index (Phi) is 4.13. The van der Waals surface area contributed by atoms with Crippen LogP contribution in [0.4, 0.5) is 10.1 Å². The van der Waals surface area contributed by atoms with Crippen LogP contribution in [-0.2, 0) is 4.79 Å². The highest BCUT2D eigenvalue weighted by molar-refractivity contribution is 5.95. The molecule has 0 aromatic heterocycles. The van der Waals surface area contributed by atoms with Crippen molar-refractivity contribution in [1.82, 2.24) is 9.80 Å². The molecule has 2 bridgehead atoms. The van der Waals surface area contributed by atoms with Crippen molar-refractivity contribution in [2.75, 3.05) is 19.6 Å².